The van der Waals surface area contributed by atoms with Crippen LogP contribution >= 0.6 is 11.3 Å². The molecule has 0 radical (unpaired) electrons. The number of nitrogens with one attached hydrogen (secondary N) is 2. The first kappa shape index (κ1) is 23.0. The number of amides is 1. The molecule has 164 valence electrons. The quantitative estimate of drug-likeness (QED) is 0.541. The largest absolute Gasteiger partial charge is 0.390 e. The molecule has 1 saturated carbocycles. The summed E-state index contributed by atoms with van der Waals surface area (Å²) in [6, 6.07) is 12.7. The lowest BCUT2D eigenvalue weighted by Crippen LogP contribution is -2.53. The van der Waals surface area contributed by atoms with E-state index in [-0.39, 0.29) is 17.5 Å². The summed E-state index contributed by atoms with van der Waals surface area (Å²) in [5.41, 5.74) is 2.58. The Morgan fingerprint density at radius 2 is 1.93 bits per heavy atom. The molecule has 4 nitrogen and oxygen atoms in total. The highest BCUT2D eigenvalue weighted by atomic mass is 32.1. The lowest BCUT2D eigenvalue weighted by atomic mass is 9.75. The molecule has 0 spiro atoms. The van der Waals surface area contributed by atoms with Crippen molar-refractivity contribution in [3.05, 3.63) is 57.8 Å². The smallest absolute Gasteiger partial charge is 0.217 e. The van der Waals surface area contributed by atoms with Crippen molar-refractivity contribution in [3.63, 3.8) is 0 Å². The standard InChI is InChI=1S/C25H36N2O2S/c1-18(2)20-9-7-10-21(15-20)25(12-5-4-6-13-25)26-17-24(29)23(27-19(3)28)16-22-11-8-14-30-22/h7-11,14-15,18,23-24,26,29H,4-6,12-13,16-17H2,1-3H3,(H,27,28)/t23-,24+/m0/s1. The van der Waals surface area contributed by atoms with Crippen molar-refractivity contribution in [2.24, 2.45) is 0 Å². The van der Waals surface area contributed by atoms with Crippen LogP contribution in [0, 0.1) is 0 Å². The van der Waals surface area contributed by atoms with Crippen LogP contribution in [0.15, 0.2) is 41.8 Å². The number of carbonyl (C=O) groups excluding carboxylic acids is 1. The minimum absolute atomic E-state index is 0.103. The highest BCUT2D eigenvalue weighted by Crippen LogP contribution is 2.38. The number of benzene rings is 1. The summed E-state index contributed by atoms with van der Waals surface area (Å²) in [6.07, 6.45) is 5.81. The molecule has 1 aromatic carbocycles. The molecule has 30 heavy (non-hydrogen) atoms. The Bertz CT molecular complexity index is 797. The molecule has 1 aromatic heterocycles. The van der Waals surface area contributed by atoms with E-state index in [0.717, 1.165) is 12.8 Å². The van der Waals surface area contributed by atoms with E-state index in [0.29, 0.717) is 18.9 Å². The number of hydrogen-bond donors (Lipinski definition) is 3. The fourth-order valence-electron chi connectivity index (χ4n) is 4.55. The Hall–Kier alpha value is -1.69. The Labute approximate surface area is 185 Å². The zero-order valence-corrected chi connectivity index (χ0v) is 19.3. The summed E-state index contributed by atoms with van der Waals surface area (Å²) in [6.45, 7) is 6.43. The van der Waals surface area contributed by atoms with Gasteiger partial charge in [0.2, 0.25) is 5.91 Å². The first-order chi connectivity index (χ1) is 14.4. The van der Waals surface area contributed by atoms with Gasteiger partial charge in [0.1, 0.15) is 0 Å². The molecular formula is C25H36N2O2S. The summed E-state index contributed by atoms with van der Waals surface area (Å²) < 4.78 is 0. The van der Waals surface area contributed by atoms with Crippen molar-refractivity contribution >= 4 is 17.2 Å². The van der Waals surface area contributed by atoms with E-state index in [1.165, 1.54) is 42.2 Å². The molecule has 3 rings (SSSR count). The Kier molecular flexibility index (Phi) is 8.09. The topological polar surface area (TPSA) is 61.4 Å². The molecule has 1 aliphatic rings. The molecule has 0 bridgehead atoms. The van der Waals surface area contributed by atoms with Gasteiger partial charge in [-0.2, -0.15) is 0 Å². The zero-order chi connectivity index (χ0) is 21.6. The van der Waals surface area contributed by atoms with Gasteiger partial charge in [0, 0.05) is 30.3 Å². The SMILES string of the molecule is CC(=O)N[C@@H](Cc1cccs1)[C@H](O)CNC1(c2cccc(C(C)C)c2)CCCCC1. The molecule has 0 unspecified atom stereocenters. The highest BCUT2D eigenvalue weighted by molar-refractivity contribution is 7.09. The average Bonchev–Trinajstić information content (AvgIpc) is 3.25. The van der Waals surface area contributed by atoms with Crippen LogP contribution in [0.5, 0.6) is 0 Å². The van der Waals surface area contributed by atoms with Crippen molar-refractivity contribution in [1.29, 1.82) is 0 Å². The van der Waals surface area contributed by atoms with Crippen molar-refractivity contribution in [2.45, 2.75) is 82.9 Å². The number of rotatable bonds is 9. The van der Waals surface area contributed by atoms with Gasteiger partial charge in [0.15, 0.2) is 0 Å². The van der Waals surface area contributed by atoms with Crippen molar-refractivity contribution < 1.29 is 9.90 Å². The second kappa shape index (κ2) is 10.6. The molecule has 2 aromatic rings. The summed E-state index contributed by atoms with van der Waals surface area (Å²) >= 11 is 1.66. The van der Waals surface area contributed by atoms with Gasteiger partial charge in [0.25, 0.3) is 0 Å². The molecule has 0 aliphatic heterocycles. The minimum atomic E-state index is -0.650. The molecular weight excluding hydrogens is 392 g/mol. The minimum Gasteiger partial charge on any atom is -0.390 e. The third kappa shape index (κ3) is 5.93. The lowest BCUT2D eigenvalue weighted by molar-refractivity contribution is -0.120. The molecule has 3 N–H and O–H groups in total. The van der Waals surface area contributed by atoms with Gasteiger partial charge in [-0.15, -0.1) is 11.3 Å². The second-order valence-electron chi connectivity index (χ2n) is 8.96. The third-order valence-electron chi connectivity index (χ3n) is 6.32. The molecule has 1 aliphatic carbocycles. The molecule has 1 fully saturated rings. The van der Waals surface area contributed by atoms with Crippen molar-refractivity contribution in [3.8, 4) is 0 Å². The van der Waals surface area contributed by atoms with E-state index in [1.807, 2.05) is 11.4 Å². The summed E-state index contributed by atoms with van der Waals surface area (Å²) in [5.74, 6) is 0.388. The fourth-order valence-corrected chi connectivity index (χ4v) is 5.32. The van der Waals surface area contributed by atoms with Crippen molar-refractivity contribution in [2.75, 3.05) is 6.54 Å². The van der Waals surface area contributed by atoms with E-state index < -0.39 is 6.10 Å². The normalized spacial score (nSPS) is 18.2. The lowest BCUT2D eigenvalue weighted by Gasteiger charge is -2.40. The fraction of sp³-hybridized carbons (Fsp3) is 0.560. The van der Waals surface area contributed by atoms with E-state index in [2.05, 4.69) is 54.8 Å². The van der Waals surface area contributed by atoms with E-state index in [1.54, 1.807) is 11.3 Å². The Morgan fingerprint density at radius 1 is 1.17 bits per heavy atom. The van der Waals surface area contributed by atoms with Crippen LogP contribution in [0.4, 0.5) is 0 Å². The van der Waals surface area contributed by atoms with Crippen LogP contribution in [0.2, 0.25) is 0 Å². The van der Waals surface area contributed by atoms with Crippen molar-refractivity contribution in [1.82, 2.24) is 10.6 Å². The van der Waals surface area contributed by atoms with Gasteiger partial charge in [-0.3, -0.25) is 4.79 Å². The first-order valence-electron chi connectivity index (χ1n) is 11.2. The summed E-state index contributed by atoms with van der Waals surface area (Å²) in [5, 5.41) is 19.8. The monoisotopic (exact) mass is 428 g/mol. The highest BCUT2D eigenvalue weighted by Gasteiger charge is 2.35. The van der Waals surface area contributed by atoms with Gasteiger partial charge >= 0.3 is 0 Å². The van der Waals surface area contributed by atoms with Crippen LogP contribution in [0.1, 0.15) is 74.8 Å². The Balaban J connectivity index is 1.75. The Morgan fingerprint density at radius 3 is 2.57 bits per heavy atom. The number of aliphatic hydroxyl groups is 1. The summed E-state index contributed by atoms with van der Waals surface area (Å²) in [7, 11) is 0. The van der Waals surface area contributed by atoms with Crippen LogP contribution in [-0.4, -0.2) is 29.7 Å². The van der Waals surface area contributed by atoms with Gasteiger partial charge in [-0.05, 0) is 41.3 Å². The second-order valence-corrected chi connectivity index (χ2v) is 9.99. The first-order valence-corrected chi connectivity index (χ1v) is 12.1. The van der Waals surface area contributed by atoms with E-state index in [9.17, 15) is 9.90 Å². The van der Waals surface area contributed by atoms with E-state index >= 15 is 0 Å². The number of thiophene rings is 1. The molecule has 1 heterocycles. The van der Waals surface area contributed by atoms with Crippen LogP contribution in [0.25, 0.3) is 0 Å². The predicted molar refractivity (Wildman–Crippen MR) is 125 cm³/mol. The van der Waals surface area contributed by atoms with Crippen LogP contribution in [0.3, 0.4) is 0 Å². The molecule has 5 heteroatoms. The maximum absolute atomic E-state index is 11.7. The van der Waals surface area contributed by atoms with Gasteiger partial charge in [0.05, 0.1) is 12.1 Å². The maximum atomic E-state index is 11.7. The maximum Gasteiger partial charge on any atom is 0.217 e. The molecule has 2 atom stereocenters. The molecule has 0 saturated heterocycles. The number of aliphatic hydroxyl groups excluding tert-OH is 1. The van der Waals surface area contributed by atoms with Crippen LogP contribution < -0.4 is 10.6 Å². The van der Waals surface area contributed by atoms with Gasteiger partial charge < -0.3 is 15.7 Å². The predicted octanol–water partition coefficient (Wildman–Crippen LogP) is 4.73. The average molecular weight is 429 g/mol. The third-order valence-corrected chi connectivity index (χ3v) is 7.22. The molecule has 1 amide bonds. The van der Waals surface area contributed by atoms with Crippen LogP contribution in [-0.2, 0) is 16.8 Å². The van der Waals surface area contributed by atoms with Gasteiger partial charge in [-0.1, -0.05) is 63.4 Å². The summed E-state index contributed by atoms with van der Waals surface area (Å²) in [4.78, 5) is 12.9. The number of hydrogen-bond acceptors (Lipinski definition) is 4. The number of carbonyl (C=O) groups is 1. The van der Waals surface area contributed by atoms with Gasteiger partial charge in [-0.25, -0.2) is 0 Å². The van der Waals surface area contributed by atoms with E-state index in [4.69, 9.17) is 0 Å². The zero-order valence-electron chi connectivity index (χ0n) is 18.5.